The SMILES string of the molecule is CCO.Cc1ccco1. The molecule has 0 amide bonds. The first kappa shape index (κ1) is 8.24. The van der Waals surface area contributed by atoms with Crippen molar-refractivity contribution in [3.05, 3.63) is 24.2 Å². The molecule has 0 saturated heterocycles. The molecule has 52 valence electrons. The van der Waals surface area contributed by atoms with Gasteiger partial charge in [-0.25, -0.2) is 0 Å². The second kappa shape index (κ2) is 5.38. The van der Waals surface area contributed by atoms with Gasteiger partial charge in [0.2, 0.25) is 0 Å². The number of hydrogen-bond donors (Lipinski definition) is 1. The van der Waals surface area contributed by atoms with E-state index in [1.807, 2.05) is 19.1 Å². The van der Waals surface area contributed by atoms with E-state index in [2.05, 4.69) is 0 Å². The Balaban J connectivity index is 0.000000187. The van der Waals surface area contributed by atoms with E-state index < -0.39 is 0 Å². The molecule has 0 bridgehead atoms. The number of aliphatic hydroxyl groups is 1. The van der Waals surface area contributed by atoms with Gasteiger partial charge in [-0.1, -0.05) is 0 Å². The highest BCUT2D eigenvalue weighted by Crippen LogP contribution is 1.93. The molecule has 0 aliphatic rings. The lowest BCUT2D eigenvalue weighted by Gasteiger charge is -1.69. The van der Waals surface area contributed by atoms with Crippen LogP contribution in [0.5, 0.6) is 0 Å². The fourth-order valence-electron chi connectivity index (χ4n) is 0.361. The van der Waals surface area contributed by atoms with Crippen LogP contribution in [0, 0.1) is 6.92 Å². The number of aliphatic hydroxyl groups excluding tert-OH is 1. The average Bonchev–Trinajstić information content (AvgIpc) is 2.20. The minimum absolute atomic E-state index is 0.250. The number of aryl methyl sites for hydroxylation is 1. The Morgan fingerprint density at radius 2 is 2.22 bits per heavy atom. The normalized spacial score (nSPS) is 7.89. The molecule has 0 aliphatic heterocycles. The standard InChI is InChI=1S/C5H6O.C2H6O/c1-5-3-2-4-6-5;1-2-3/h2-4H,1H3;3H,2H2,1H3. The largest absolute Gasteiger partial charge is 0.470 e. The highest BCUT2D eigenvalue weighted by atomic mass is 16.3. The molecule has 0 unspecified atom stereocenters. The van der Waals surface area contributed by atoms with E-state index in [-0.39, 0.29) is 6.61 Å². The second-order valence-electron chi connectivity index (χ2n) is 1.54. The summed E-state index contributed by atoms with van der Waals surface area (Å²) in [5.41, 5.74) is 0. The van der Waals surface area contributed by atoms with Gasteiger partial charge in [0.15, 0.2) is 0 Å². The van der Waals surface area contributed by atoms with Crippen LogP contribution in [0.2, 0.25) is 0 Å². The van der Waals surface area contributed by atoms with Crippen molar-refractivity contribution in [3.8, 4) is 0 Å². The van der Waals surface area contributed by atoms with Crippen LogP contribution in [0.25, 0.3) is 0 Å². The third-order valence-electron chi connectivity index (χ3n) is 0.663. The molecule has 0 fully saturated rings. The van der Waals surface area contributed by atoms with Crippen LogP contribution in [0.15, 0.2) is 22.8 Å². The van der Waals surface area contributed by atoms with Gasteiger partial charge in [-0.05, 0) is 26.0 Å². The summed E-state index contributed by atoms with van der Waals surface area (Å²) in [4.78, 5) is 0. The van der Waals surface area contributed by atoms with Crippen molar-refractivity contribution in [3.63, 3.8) is 0 Å². The molecule has 0 atom stereocenters. The zero-order valence-electron chi connectivity index (χ0n) is 5.79. The maximum atomic E-state index is 7.57. The maximum Gasteiger partial charge on any atom is 0.100 e. The Kier molecular flexibility index (Phi) is 4.92. The van der Waals surface area contributed by atoms with Crippen LogP contribution in [0.4, 0.5) is 0 Å². The highest BCUT2D eigenvalue weighted by molar-refractivity contribution is 4.93. The predicted octanol–water partition coefficient (Wildman–Crippen LogP) is 1.59. The molecule has 0 spiro atoms. The molecule has 9 heavy (non-hydrogen) atoms. The van der Waals surface area contributed by atoms with Crippen LogP contribution in [0.3, 0.4) is 0 Å². The molecule has 2 heteroatoms. The molecule has 0 aliphatic carbocycles. The first-order valence-corrected chi connectivity index (χ1v) is 2.92. The summed E-state index contributed by atoms with van der Waals surface area (Å²) in [7, 11) is 0. The molecule has 0 saturated carbocycles. The molecule has 1 rings (SSSR count). The van der Waals surface area contributed by atoms with E-state index >= 15 is 0 Å². The van der Waals surface area contributed by atoms with Gasteiger partial charge >= 0.3 is 0 Å². The molecule has 0 radical (unpaired) electrons. The van der Waals surface area contributed by atoms with Crippen LogP contribution in [-0.2, 0) is 0 Å². The van der Waals surface area contributed by atoms with Crippen molar-refractivity contribution in [2.24, 2.45) is 0 Å². The van der Waals surface area contributed by atoms with Gasteiger partial charge in [0, 0.05) is 6.61 Å². The monoisotopic (exact) mass is 128 g/mol. The Morgan fingerprint density at radius 3 is 2.33 bits per heavy atom. The summed E-state index contributed by atoms with van der Waals surface area (Å²) in [6, 6.07) is 3.79. The number of furan rings is 1. The van der Waals surface area contributed by atoms with E-state index in [9.17, 15) is 0 Å². The van der Waals surface area contributed by atoms with Crippen molar-refractivity contribution < 1.29 is 9.52 Å². The molecule has 1 aromatic rings. The fourth-order valence-corrected chi connectivity index (χ4v) is 0.361. The van der Waals surface area contributed by atoms with E-state index in [1.165, 1.54) is 0 Å². The molecular formula is C7H12O2. The number of rotatable bonds is 0. The molecule has 2 nitrogen and oxygen atoms in total. The predicted molar refractivity (Wildman–Crippen MR) is 36.2 cm³/mol. The lowest BCUT2D eigenvalue weighted by Crippen LogP contribution is -1.57. The maximum absolute atomic E-state index is 7.57. The van der Waals surface area contributed by atoms with Crippen molar-refractivity contribution in [1.29, 1.82) is 0 Å². The van der Waals surface area contributed by atoms with Gasteiger partial charge in [0.1, 0.15) is 5.76 Å². The lowest BCUT2D eigenvalue weighted by atomic mass is 10.5. The summed E-state index contributed by atoms with van der Waals surface area (Å²) in [5.74, 6) is 0.968. The molecule has 1 heterocycles. The summed E-state index contributed by atoms with van der Waals surface area (Å²) in [6.45, 7) is 3.85. The van der Waals surface area contributed by atoms with Gasteiger partial charge in [-0.3, -0.25) is 0 Å². The highest BCUT2D eigenvalue weighted by Gasteiger charge is 1.75. The fraction of sp³-hybridized carbons (Fsp3) is 0.429. The van der Waals surface area contributed by atoms with Crippen LogP contribution in [-0.4, -0.2) is 11.7 Å². The summed E-state index contributed by atoms with van der Waals surface area (Å²) < 4.78 is 4.83. The topological polar surface area (TPSA) is 33.4 Å². The van der Waals surface area contributed by atoms with Crippen LogP contribution < -0.4 is 0 Å². The molecule has 0 aromatic carbocycles. The summed E-state index contributed by atoms with van der Waals surface area (Å²) >= 11 is 0. The quantitative estimate of drug-likeness (QED) is 0.575. The van der Waals surface area contributed by atoms with E-state index in [0.717, 1.165) is 5.76 Å². The van der Waals surface area contributed by atoms with E-state index in [1.54, 1.807) is 13.2 Å². The van der Waals surface area contributed by atoms with E-state index in [4.69, 9.17) is 9.52 Å². The molecule has 1 N–H and O–H groups in total. The van der Waals surface area contributed by atoms with Crippen LogP contribution >= 0.6 is 0 Å². The first-order chi connectivity index (χ1) is 4.31. The van der Waals surface area contributed by atoms with Crippen molar-refractivity contribution >= 4 is 0 Å². The minimum atomic E-state index is 0.250. The van der Waals surface area contributed by atoms with Gasteiger partial charge in [-0.15, -0.1) is 0 Å². The van der Waals surface area contributed by atoms with Gasteiger partial charge in [0.05, 0.1) is 6.26 Å². The third-order valence-corrected chi connectivity index (χ3v) is 0.663. The first-order valence-electron chi connectivity index (χ1n) is 2.92. The molecular weight excluding hydrogens is 116 g/mol. The van der Waals surface area contributed by atoms with Crippen LogP contribution in [0.1, 0.15) is 12.7 Å². The average molecular weight is 128 g/mol. The Hall–Kier alpha value is -0.760. The van der Waals surface area contributed by atoms with Crippen molar-refractivity contribution in [1.82, 2.24) is 0 Å². The minimum Gasteiger partial charge on any atom is -0.470 e. The van der Waals surface area contributed by atoms with Gasteiger partial charge in [-0.2, -0.15) is 0 Å². The Morgan fingerprint density at radius 1 is 1.67 bits per heavy atom. The zero-order chi connectivity index (χ0) is 7.11. The third kappa shape index (κ3) is 5.11. The smallest absolute Gasteiger partial charge is 0.100 e. The van der Waals surface area contributed by atoms with Crippen molar-refractivity contribution in [2.75, 3.05) is 6.61 Å². The van der Waals surface area contributed by atoms with Gasteiger partial charge in [0.25, 0.3) is 0 Å². The molecule has 1 aromatic heterocycles. The Bertz CT molecular complexity index is 121. The van der Waals surface area contributed by atoms with Crippen molar-refractivity contribution in [2.45, 2.75) is 13.8 Å². The van der Waals surface area contributed by atoms with E-state index in [0.29, 0.717) is 0 Å². The number of hydrogen-bond acceptors (Lipinski definition) is 2. The summed E-state index contributed by atoms with van der Waals surface area (Å²) in [5, 5.41) is 7.57. The lowest BCUT2D eigenvalue weighted by molar-refractivity contribution is 0.318. The second-order valence-corrected chi connectivity index (χ2v) is 1.54. The Labute approximate surface area is 55.1 Å². The zero-order valence-corrected chi connectivity index (χ0v) is 5.79. The van der Waals surface area contributed by atoms with Gasteiger partial charge < -0.3 is 9.52 Å². The summed E-state index contributed by atoms with van der Waals surface area (Å²) in [6.07, 6.45) is 1.66.